The molecule has 1 N–H and O–H groups in total. The van der Waals surface area contributed by atoms with Gasteiger partial charge in [-0.2, -0.15) is 0 Å². The first kappa shape index (κ1) is 28.1. The molecule has 0 aliphatic heterocycles. The number of carbonyl (C=O) groups is 2. The van der Waals surface area contributed by atoms with Crippen LogP contribution < -0.4 is 10.1 Å². The van der Waals surface area contributed by atoms with Gasteiger partial charge in [0.25, 0.3) is 5.91 Å². The van der Waals surface area contributed by atoms with E-state index in [-0.39, 0.29) is 30.0 Å². The number of halogens is 4. The van der Waals surface area contributed by atoms with Crippen molar-refractivity contribution in [3.63, 3.8) is 0 Å². The van der Waals surface area contributed by atoms with Crippen molar-refractivity contribution in [2.75, 3.05) is 13.2 Å². The predicted molar refractivity (Wildman–Crippen MR) is 146 cm³/mol. The SMILES string of the molecule is CCCNC(=O)C(Cc1ccccc1)N(Cc1ccc(Cl)c(Cl)c1)C(=O)COc1ccc(Cl)cc1Cl. The number of amides is 2. The standard InChI is InChI=1S/C27H26Cl4N2O3/c1-2-12-32-27(35)24(14-18-6-4-3-5-7-18)33(16-19-8-10-21(29)22(30)13-19)26(34)17-36-25-11-9-20(28)15-23(25)31/h3-11,13,15,24H,2,12,14,16-17H2,1H3,(H,32,35). The lowest BCUT2D eigenvalue weighted by molar-refractivity contribution is -0.142. The summed E-state index contributed by atoms with van der Waals surface area (Å²) in [5.74, 6) is -0.322. The first-order valence-corrected chi connectivity index (χ1v) is 12.9. The van der Waals surface area contributed by atoms with Gasteiger partial charge < -0.3 is 15.0 Å². The molecule has 5 nitrogen and oxygen atoms in total. The van der Waals surface area contributed by atoms with Crippen LogP contribution in [0.2, 0.25) is 20.1 Å². The Kier molecular flexibility index (Phi) is 10.7. The molecule has 3 aromatic rings. The summed E-state index contributed by atoms with van der Waals surface area (Å²) in [5.41, 5.74) is 1.64. The average Bonchev–Trinajstić information content (AvgIpc) is 2.86. The summed E-state index contributed by atoms with van der Waals surface area (Å²) in [6.07, 6.45) is 1.09. The normalized spacial score (nSPS) is 11.6. The van der Waals surface area contributed by atoms with Gasteiger partial charge in [0.15, 0.2) is 6.61 Å². The quantitative estimate of drug-likeness (QED) is 0.276. The second-order valence-corrected chi connectivity index (χ2v) is 9.79. The molecule has 9 heteroatoms. The minimum Gasteiger partial charge on any atom is -0.482 e. The summed E-state index contributed by atoms with van der Waals surface area (Å²) in [5, 5.41) is 4.43. The van der Waals surface area contributed by atoms with E-state index in [0.29, 0.717) is 33.8 Å². The minimum absolute atomic E-state index is 0.129. The molecular formula is C27H26Cl4N2O3. The lowest BCUT2D eigenvalue weighted by atomic mass is 10.0. The summed E-state index contributed by atoms with van der Waals surface area (Å²) >= 11 is 24.5. The van der Waals surface area contributed by atoms with E-state index in [4.69, 9.17) is 51.1 Å². The van der Waals surface area contributed by atoms with Gasteiger partial charge in [-0.1, -0.05) is 89.7 Å². The Morgan fingerprint density at radius 2 is 1.64 bits per heavy atom. The monoisotopic (exact) mass is 566 g/mol. The Balaban J connectivity index is 1.92. The molecule has 190 valence electrons. The molecule has 0 aliphatic rings. The lowest BCUT2D eigenvalue weighted by Crippen LogP contribution is -2.51. The molecule has 0 saturated carbocycles. The largest absolute Gasteiger partial charge is 0.482 e. The Hall–Kier alpha value is -2.44. The fraction of sp³-hybridized carbons (Fsp3) is 0.259. The van der Waals surface area contributed by atoms with Crippen LogP contribution in [0.3, 0.4) is 0 Å². The van der Waals surface area contributed by atoms with Crippen molar-refractivity contribution in [3.05, 3.63) is 97.9 Å². The van der Waals surface area contributed by atoms with Gasteiger partial charge in [0.05, 0.1) is 15.1 Å². The molecule has 0 heterocycles. The van der Waals surface area contributed by atoms with Crippen LogP contribution in [-0.4, -0.2) is 35.9 Å². The summed E-state index contributed by atoms with van der Waals surface area (Å²) in [4.78, 5) is 28.4. The molecule has 1 unspecified atom stereocenters. The van der Waals surface area contributed by atoms with E-state index >= 15 is 0 Å². The molecule has 3 rings (SSSR count). The molecule has 0 spiro atoms. The number of benzene rings is 3. The Morgan fingerprint density at radius 3 is 2.31 bits per heavy atom. The zero-order valence-electron chi connectivity index (χ0n) is 19.6. The maximum Gasteiger partial charge on any atom is 0.261 e. The third-order valence-corrected chi connectivity index (χ3v) is 6.67. The van der Waals surface area contributed by atoms with E-state index in [1.54, 1.807) is 30.3 Å². The van der Waals surface area contributed by atoms with Crippen LogP contribution in [0.4, 0.5) is 0 Å². The van der Waals surface area contributed by atoms with Crippen LogP contribution in [0.1, 0.15) is 24.5 Å². The van der Waals surface area contributed by atoms with E-state index in [1.165, 1.54) is 11.0 Å². The van der Waals surface area contributed by atoms with Gasteiger partial charge >= 0.3 is 0 Å². The number of nitrogens with one attached hydrogen (secondary N) is 1. The Labute approximate surface area is 231 Å². The highest BCUT2D eigenvalue weighted by Crippen LogP contribution is 2.28. The van der Waals surface area contributed by atoms with Gasteiger partial charge in [-0.25, -0.2) is 0 Å². The first-order chi connectivity index (χ1) is 17.3. The van der Waals surface area contributed by atoms with E-state index < -0.39 is 6.04 Å². The van der Waals surface area contributed by atoms with Crippen LogP contribution >= 0.6 is 46.4 Å². The van der Waals surface area contributed by atoms with Gasteiger partial charge in [-0.05, 0) is 47.9 Å². The molecular weight excluding hydrogens is 542 g/mol. The van der Waals surface area contributed by atoms with E-state index in [9.17, 15) is 9.59 Å². The second-order valence-electron chi connectivity index (χ2n) is 8.13. The van der Waals surface area contributed by atoms with Crippen molar-refractivity contribution < 1.29 is 14.3 Å². The third kappa shape index (κ3) is 8.04. The van der Waals surface area contributed by atoms with E-state index in [2.05, 4.69) is 5.32 Å². The van der Waals surface area contributed by atoms with Crippen LogP contribution in [0.25, 0.3) is 0 Å². The minimum atomic E-state index is -0.787. The number of rotatable bonds is 11. The molecule has 0 fully saturated rings. The second kappa shape index (κ2) is 13.8. The zero-order chi connectivity index (χ0) is 26.1. The number of hydrogen-bond donors (Lipinski definition) is 1. The first-order valence-electron chi connectivity index (χ1n) is 11.4. The molecule has 0 aliphatic carbocycles. The Bertz CT molecular complexity index is 1190. The molecule has 2 amide bonds. The lowest BCUT2D eigenvalue weighted by Gasteiger charge is -2.31. The van der Waals surface area contributed by atoms with Crippen LogP contribution in [0.15, 0.2) is 66.7 Å². The third-order valence-electron chi connectivity index (χ3n) is 5.40. The molecule has 1 atom stereocenters. The molecule has 36 heavy (non-hydrogen) atoms. The zero-order valence-corrected chi connectivity index (χ0v) is 22.7. The topological polar surface area (TPSA) is 58.6 Å². The van der Waals surface area contributed by atoms with Gasteiger partial charge in [0, 0.05) is 24.5 Å². The smallest absolute Gasteiger partial charge is 0.261 e. The molecule has 3 aromatic carbocycles. The van der Waals surface area contributed by atoms with Gasteiger partial charge in [0.2, 0.25) is 5.91 Å². The van der Waals surface area contributed by atoms with Gasteiger partial charge in [0.1, 0.15) is 11.8 Å². The summed E-state index contributed by atoms with van der Waals surface area (Å²) in [6, 6.07) is 18.6. The molecule has 0 radical (unpaired) electrons. The van der Waals surface area contributed by atoms with Gasteiger partial charge in [-0.15, -0.1) is 0 Å². The Morgan fingerprint density at radius 1 is 0.889 bits per heavy atom. The summed E-state index contributed by atoms with van der Waals surface area (Å²) < 4.78 is 5.72. The van der Waals surface area contributed by atoms with E-state index in [1.807, 2.05) is 37.3 Å². The average molecular weight is 568 g/mol. The summed E-state index contributed by atoms with van der Waals surface area (Å²) in [6.45, 7) is 2.27. The van der Waals surface area contributed by atoms with Crippen LogP contribution in [-0.2, 0) is 22.6 Å². The number of hydrogen-bond acceptors (Lipinski definition) is 3. The number of nitrogens with zero attached hydrogens (tertiary/aromatic N) is 1. The van der Waals surface area contributed by atoms with Crippen molar-refractivity contribution in [1.82, 2.24) is 10.2 Å². The number of ether oxygens (including phenoxy) is 1. The fourth-order valence-electron chi connectivity index (χ4n) is 3.57. The highest BCUT2D eigenvalue weighted by Gasteiger charge is 2.30. The van der Waals surface area contributed by atoms with Crippen molar-refractivity contribution in [2.45, 2.75) is 32.4 Å². The summed E-state index contributed by atoms with van der Waals surface area (Å²) in [7, 11) is 0. The maximum absolute atomic E-state index is 13.6. The molecule has 0 saturated heterocycles. The number of carbonyl (C=O) groups excluding carboxylic acids is 2. The van der Waals surface area contributed by atoms with Crippen LogP contribution in [0, 0.1) is 0 Å². The van der Waals surface area contributed by atoms with Crippen LogP contribution in [0.5, 0.6) is 5.75 Å². The van der Waals surface area contributed by atoms with Crippen molar-refractivity contribution in [2.24, 2.45) is 0 Å². The fourth-order valence-corrected chi connectivity index (χ4v) is 4.35. The predicted octanol–water partition coefficient (Wildman–Crippen LogP) is 6.85. The molecule has 0 aromatic heterocycles. The van der Waals surface area contributed by atoms with Crippen molar-refractivity contribution in [1.29, 1.82) is 0 Å². The van der Waals surface area contributed by atoms with Crippen molar-refractivity contribution >= 4 is 58.2 Å². The van der Waals surface area contributed by atoms with E-state index in [0.717, 1.165) is 17.5 Å². The molecule has 0 bridgehead atoms. The maximum atomic E-state index is 13.6. The highest BCUT2D eigenvalue weighted by atomic mass is 35.5. The van der Waals surface area contributed by atoms with Gasteiger partial charge in [-0.3, -0.25) is 9.59 Å². The highest BCUT2D eigenvalue weighted by molar-refractivity contribution is 6.42. The van der Waals surface area contributed by atoms with Crippen molar-refractivity contribution in [3.8, 4) is 5.75 Å².